The van der Waals surface area contributed by atoms with Gasteiger partial charge in [-0.15, -0.1) is 0 Å². The van der Waals surface area contributed by atoms with E-state index in [0.717, 1.165) is 0 Å². The van der Waals surface area contributed by atoms with Gasteiger partial charge in [0.15, 0.2) is 0 Å². The second-order valence-electron chi connectivity index (χ2n) is 1.24. The summed E-state index contributed by atoms with van der Waals surface area (Å²) in [7, 11) is 0. The molecule has 0 saturated carbocycles. The zero-order valence-electron chi connectivity index (χ0n) is 3.89. The van der Waals surface area contributed by atoms with Crippen LogP contribution in [-0.2, 0) is 0 Å². The van der Waals surface area contributed by atoms with Crippen molar-refractivity contribution < 1.29 is 0 Å². The molecule has 0 amide bonds. The zero-order chi connectivity index (χ0) is 4.99. The molecule has 0 aromatic heterocycles. The highest BCUT2D eigenvalue weighted by Crippen LogP contribution is 1.91. The molecule has 6 heavy (non-hydrogen) atoms. The number of allylic oxidation sites excluding steroid dienone is 2. The molecule has 0 saturated heterocycles. The van der Waals surface area contributed by atoms with E-state index in [1.165, 1.54) is 0 Å². The summed E-state index contributed by atoms with van der Waals surface area (Å²) in [5, 5.41) is 0. The van der Waals surface area contributed by atoms with Crippen molar-refractivity contribution in [1.29, 1.82) is 0 Å². The molecule has 0 rings (SSSR count). The molecule has 32 valence electrons. The van der Waals surface area contributed by atoms with Crippen LogP contribution in [0.3, 0.4) is 0 Å². The van der Waals surface area contributed by atoms with Gasteiger partial charge in [0.05, 0.1) is 0 Å². The van der Waals surface area contributed by atoms with Gasteiger partial charge in [0, 0.05) is 0 Å². The van der Waals surface area contributed by atoms with Crippen molar-refractivity contribution in [3.63, 3.8) is 0 Å². The Morgan fingerprint density at radius 2 is 1.67 bits per heavy atom. The van der Waals surface area contributed by atoms with Crippen LogP contribution >= 0.6 is 0 Å². The van der Waals surface area contributed by atoms with Crippen molar-refractivity contribution >= 4 is 0 Å². The van der Waals surface area contributed by atoms with E-state index in [1.54, 1.807) is 12.2 Å². The third-order valence-electron chi connectivity index (χ3n) is 0.607. The minimum atomic E-state index is 0.241. The standard InChI is InChI=1S/C6H8/c1-4-6(3)5-2/h1-2,4-6H,3H3. The third-order valence-corrected chi connectivity index (χ3v) is 0.607. The third kappa shape index (κ3) is 1.77. The summed E-state index contributed by atoms with van der Waals surface area (Å²) in [6.07, 6.45) is 3.08. The van der Waals surface area contributed by atoms with Crippen LogP contribution in [0.15, 0.2) is 12.2 Å². The van der Waals surface area contributed by atoms with Crippen LogP contribution in [0.25, 0.3) is 0 Å². The fourth-order valence-corrected chi connectivity index (χ4v) is 0.0642. The highest BCUT2D eigenvalue weighted by atomic mass is 13.8. The molecule has 0 aliphatic heterocycles. The van der Waals surface area contributed by atoms with Crippen molar-refractivity contribution in [1.82, 2.24) is 0 Å². The maximum absolute atomic E-state index is 5.05. The first-order valence-electron chi connectivity index (χ1n) is 1.91. The Kier molecular flexibility index (Phi) is 2.47. The van der Waals surface area contributed by atoms with Gasteiger partial charge in [-0.1, -0.05) is 32.2 Å². The summed E-state index contributed by atoms with van der Waals surface area (Å²) in [5.74, 6) is 0.241. The molecular formula is C6H8. The summed E-state index contributed by atoms with van der Waals surface area (Å²) >= 11 is 0. The van der Waals surface area contributed by atoms with Gasteiger partial charge in [-0.2, -0.15) is 0 Å². The first-order chi connectivity index (χ1) is 2.81. The van der Waals surface area contributed by atoms with E-state index in [9.17, 15) is 0 Å². The van der Waals surface area contributed by atoms with Gasteiger partial charge < -0.3 is 0 Å². The van der Waals surface area contributed by atoms with E-state index in [4.69, 9.17) is 13.2 Å². The lowest BCUT2D eigenvalue weighted by Crippen LogP contribution is -1.75. The Hall–Kier alpha value is -0.520. The predicted molar refractivity (Wildman–Crippen MR) is 26.9 cm³/mol. The van der Waals surface area contributed by atoms with Crippen LogP contribution in [0, 0.1) is 19.1 Å². The molecule has 0 fully saturated rings. The Labute approximate surface area is 39.2 Å². The molecule has 0 aliphatic carbocycles. The molecule has 2 radical (unpaired) electrons. The minimum absolute atomic E-state index is 0.241. The highest BCUT2D eigenvalue weighted by molar-refractivity contribution is 4.84. The zero-order valence-corrected chi connectivity index (χ0v) is 3.89. The Bertz CT molecular complexity index is 45.1. The van der Waals surface area contributed by atoms with E-state index < -0.39 is 0 Å². The second-order valence-corrected chi connectivity index (χ2v) is 1.24. The quantitative estimate of drug-likeness (QED) is 0.472. The van der Waals surface area contributed by atoms with Gasteiger partial charge in [0.25, 0.3) is 0 Å². The average Bonchev–Trinajstić information content (AvgIpc) is 1.65. The van der Waals surface area contributed by atoms with Gasteiger partial charge in [-0.3, -0.25) is 0 Å². The molecule has 0 nitrogen and oxygen atoms in total. The molecule has 0 unspecified atom stereocenters. The van der Waals surface area contributed by atoms with Crippen molar-refractivity contribution in [3.8, 4) is 0 Å². The Morgan fingerprint density at radius 1 is 1.33 bits per heavy atom. The summed E-state index contributed by atoms with van der Waals surface area (Å²) in [4.78, 5) is 0. The van der Waals surface area contributed by atoms with E-state index >= 15 is 0 Å². The largest absolute Gasteiger partial charge is 0.0779 e. The van der Waals surface area contributed by atoms with Crippen molar-refractivity contribution in [2.24, 2.45) is 5.92 Å². The lowest BCUT2D eigenvalue weighted by Gasteiger charge is -1.87. The maximum Gasteiger partial charge on any atom is -0.00756 e. The number of hydrogen-bond donors (Lipinski definition) is 0. The molecule has 0 spiro atoms. The lowest BCUT2D eigenvalue weighted by molar-refractivity contribution is 0.943. The Balaban J connectivity index is 3.21. The molecule has 0 heterocycles. The van der Waals surface area contributed by atoms with Crippen LogP contribution in [0.4, 0.5) is 0 Å². The highest BCUT2D eigenvalue weighted by Gasteiger charge is 1.79. The van der Waals surface area contributed by atoms with E-state index in [2.05, 4.69) is 0 Å². The van der Waals surface area contributed by atoms with Crippen molar-refractivity contribution in [2.45, 2.75) is 6.92 Å². The molecule has 0 bridgehead atoms. The smallest absolute Gasteiger partial charge is 0.00756 e. The van der Waals surface area contributed by atoms with Gasteiger partial charge in [-0.25, -0.2) is 0 Å². The molecule has 0 heteroatoms. The molecule has 0 aliphatic rings. The fourth-order valence-electron chi connectivity index (χ4n) is 0.0642. The van der Waals surface area contributed by atoms with Crippen molar-refractivity contribution in [2.75, 3.05) is 0 Å². The van der Waals surface area contributed by atoms with Crippen LogP contribution in [0.5, 0.6) is 0 Å². The van der Waals surface area contributed by atoms with Gasteiger partial charge in [0.1, 0.15) is 0 Å². The summed E-state index contributed by atoms with van der Waals surface area (Å²) < 4.78 is 0. The van der Waals surface area contributed by atoms with Crippen LogP contribution in [0.2, 0.25) is 0 Å². The van der Waals surface area contributed by atoms with E-state index in [-0.39, 0.29) is 5.92 Å². The monoisotopic (exact) mass is 80.1 g/mol. The first kappa shape index (κ1) is 5.48. The maximum atomic E-state index is 5.05. The van der Waals surface area contributed by atoms with E-state index in [1.807, 2.05) is 6.92 Å². The number of hydrogen-bond acceptors (Lipinski definition) is 0. The average molecular weight is 80.1 g/mol. The lowest BCUT2D eigenvalue weighted by atomic mass is 10.2. The van der Waals surface area contributed by atoms with Gasteiger partial charge >= 0.3 is 0 Å². The fraction of sp³-hybridized carbons (Fsp3) is 0.333. The molecule has 0 atom stereocenters. The van der Waals surface area contributed by atoms with Crippen LogP contribution in [-0.4, -0.2) is 0 Å². The topological polar surface area (TPSA) is 0 Å². The van der Waals surface area contributed by atoms with E-state index in [0.29, 0.717) is 0 Å². The predicted octanol–water partition coefficient (Wildman–Crippen LogP) is 1.60. The molecule has 0 aromatic rings. The number of rotatable bonds is 2. The summed E-state index contributed by atoms with van der Waals surface area (Å²) in [6, 6.07) is 0. The Morgan fingerprint density at radius 3 is 1.67 bits per heavy atom. The molecule has 0 aromatic carbocycles. The second kappa shape index (κ2) is 2.70. The first-order valence-corrected chi connectivity index (χ1v) is 1.91. The summed E-state index contributed by atoms with van der Waals surface area (Å²) in [6.45, 7) is 12.0. The van der Waals surface area contributed by atoms with Gasteiger partial charge in [-0.05, 0) is 5.92 Å². The van der Waals surface area contributed by atoms with Crippen LogP contribution < -0.4 is 0 Å². The normalized spacial score (nSPS) is 12.8. The van der Waals surface area contributed by atoms with Crippen LogP contribution in [0.1, 0.15) is 6.92 Å². The SMILES string of the molecule is [CH]=CC(C)C=[CH]. The minimum Gasteiger partial charge on any atom is -0.0779 e. The molecule has 0 N–H and O–H groups in total. The summed E-state index contributed by atoms with van der Waals surface area (Å²) in [5.41, 5.74) is 0. The van der Waals surface area contributed by atoms with Crippen molar-refractivity contribution in [3.05, 3.63) is 25.3 Å². The van der Waals surface area contributed by atoms with Gasteiger partial charge in [0.2, 0.25) is 0 Å². The molecular weight excluding hydrogens is 72.1 g/mol.